The fraction of sp³-hybridized carbons (Fsp3) is 0.433. The van der Waals surface area contributed by atoms with Gasteiger partial charge in [-0.15, -0.1) is 22.7 Å². The molecule has 6 rings (SSSR count). The number of carbonyl (C=O) groups excluding carboxylic acids is 1. The lowest BCUT2D eigenvalue weighted by molar-refractivity contribution is -0.116. The van der Waals surface area contributed by atoms with E-state index < -0.39 is 0 Å². The Balaban J connectivity index is 1.31. The first-order chi connectivity index (χ1) is 18.6. The number of thiophene rings is 1. The Bertz CT molecular complexity index is 1430. The van der Waals surface area contributed by atoms with Gasteiger partial charge in [0.1, 0.15) is 10.0 Å². The van der Waals surface area contributed by atoms with Crippen LogP contribution >= 0.6 is 22.7 Å². The third kappa shape index (κ3) is 5.27. The zero-order valence-corrected chi connectivity index (χ0v) is 23.8. The number of nitrogens with one attached hydrogen (secondary N) is 2. The van der Waals surface area contributed by atoms with Crippen molar-refractivity contribution in [2.45, 2.75) is 71.0 Å². The Morgan fingerprint density at radius 2 is 2.00 bits per heavy atom. The Labute approximate surface area is 232 Å². The maximum Gasteiger partial charge on any atom is 0.226 e. The number of aromatic nitrogens is 2. The molecule has 4 aromatic rings. The normalized spacial score (nSPS) is 16.8. The van der Waals surface area contributed by atoms with Crippen LogP contribution < -0.4 is 10.6 Å². The van der Waals surface area contributed by atoms with Crippen molar-refractivity contribution in [2.24, 2.45) is 0 Å². The summed E-state index contributed by atoms with van der Waals surface area (Å²) in [5.74, 6) is 0.0672. The average molecular weight is 546 g/mol. The van der Waals surface area contributed by atoms with Gasteiger partial charge in [0.15, 0.2) is 0 Å². The molecule has 2 aliphatic rings. The van der Waals surface area contributed by atoms with Gasteiger partial charge in [-0.05, 0) is 73.6 Å². The lowest BCUT2D eigenvalue weighted by atomic mass is 9.89. The van der Waals surface area contributed by atoms with Crippen molar-refractivity contribution in [1.29, 1.82) is 0 Å². The molecule has 2 N–H and O–H groups in total. The molecule has 1 aliphatic heterocycles. The summed E-state index contributed by atoms with van der Waals surface area (Å²) < 4.78 is 1.17. The van der Waals surface area contributed by atoms with Gasteiger partial charge >= 0.3 is 0 Å². The maximum absolute atomic E-state index is 13.0. The number of rotatable bonds is 9. The van der Waals surface area contributed by atoms with Gasteiger partial charge in [-0.2, -0.15) is 0 Å². The average Bonchev–Trinajstić information content (AvgIpc) is 3.47. The van der Waals surface area contributed by atoms with Gasteiger partial charge in [-0.3, -0.25) is 14.7 Å². The van der Waals surface area contributed by atoms with Crippen LogP contribution in [0.4, 0.5) is 5.00 Å². The summed E-state index contributed by atoms with van der Waals surface area (Å²) in [6.07, 6.45) is 10.2. The fourth-order valence-corrected chi connectivity index (χ4v) is 7.71. The molecular weight excluding hydrogens is 510 g/mol. The third-order valence-corrected chi connectivity index (χ3v) is 10.2. The van der Waals surface area contributed by atoms with Crippen molar-refractivity contribution < 1.29 is 4.79 Å². The second-order valence-electron chi connectivity index (χ2n) is 10.5. The summed E-state index contributed by atoms with van der Waals surface area (Å²) in [6.45, 7) is 7.08. The lowest BCUT2D eigenvalue weighted by Crippen LogP contribution is -2.42. The number of hydrogen-bond donors (Lipinski definition) is 2. The molecule has 0 spiro atoms. The van der Waals surface area contributed by atoms with Gasteiger partial charge in [-0.25, -0.2) is 4.98 Å². The molecule has 1 saturated carbocycles. The smallest absolute Gasteiger partial charge is 0.226 e. The van der Waals surface area contributed by atoms with Crippen molar-refractivity contribution in [3.05, 3.63) is 53.2 Å². The Morgan fingerprint density at radius 3 is 2.76 bits per heavy atom. The molecule has 6 nitrogen and oxygen atoms in total. The van der Waals surface area contributed by atoms with Crippen LogP contribution in [0.5, 0.6) is 0 Å². The molecule has 1 fully saturated rings. The van der Waals surface area contributed by atoms with Crippen molar-refractivity contribution in [3.8, 4) is 21.7 Å². The van der Waals surface area contributed by atoms with Crippen LogP contribution in [-0.4, -0.2) is 45.9 Å². The Morgan fingerprint density at radius 1 is 1.16 bits per heavy atom. The number of fused-ring (bicyclic) bond motifs is 2. The number of carbonyl (C=O) groups is 1. The summed E-state index contributed by atoms with van der Waals surface area (Å²) in [5, 5.41) is 8.70. The van der Waals surface area contributed by atoms with E-state index in [-0.39, 0.29) is 5.91 Å². The largest absolute Gasteiger partial charge is 0.317 e. The monoisotopic (exact) mass is 545 g/mol. The molecule has 1 aliphatic carbocycles. The van der Waals surface area contributed by atoms with E-state index in [2.05, 4.69) is 52.6 Å². The molecule has 38 heavy (non-hydrogen) atoms. The third-order valence-electron chi connectivity index (χ3n) is 8.00. The first-order valence-electron chi connectivity index (χ1n) is 13.8. The van der Waals surface area contributed by atoms with Crippen LogP contribution in [0.3, 0.4) is 0 Å². The minimum atomic E-state index is 0.0672. The molecule has 0 bridgehead atoms. The quantitative estimate of drug-likeness (QED) is 0.245. The highest BCUT2D eigenvalue weighted by atomic mass is 32.1. The topological polar surface area (TPSA) is 70.1 Å². The number of benzene rings is 1. The van der Waals surface area contributed by atoms with E-state index in [4.69, 9.17) is 4.98 Å². The first-order valence-corrected chi connectivity index (χ1v) is 15.5. The zero-order chi connectivity index (χ0) is 26.1. The van der Waals surface area contributed by atoms with Crippen LogP contribution in [0.25, 0.3) is 31.9 Å². The van der Waals surface area contributed by atoms with Gasteiger partial charge in [0.05, 0.1) is 10.2 Å². The van der Waals surface area contributed by atoms with E-state index in [0.29, 0.717) is 19.0 Å². The number of thiazole rings is 1. The van der Waals surface area contributed by atoms with Crippen molar-refractivity contribution in [3.63, 3.8) is 0 Å². The summed E-state index contributed by atoms with van der Waals surface area (Å²) in [7, 11) is 0. The van der Waals surface area contributed by atoms with Crippen molar-refractivity contribution >= 4 is 43.8 Å². The molecule has 0 radical (unpaired) electrons. The lowest BCUT2D eigenvalue weighted by Gasteiger charge is -2.39. The van der Waals surface area contributed by atoms with Crippen molar-refractivity contribution in [1.82, 2.24) is 20.2 Å². The number of amides is 1. The first kappa shape index (κ1) is 25.6. The summed E-state index contributed by atoms with van der Waals surface area (Å²) >= 11 is 3.49. The minimum Gasteiger partial charge on any atom is -0.317 e. The molecular formula is C30H35N5OS2. The molecule has 8 heteroatoms. The molecule has 1 amide bonds. The molecule has 0 saturated heterocycles. The number of nitrogens with zero attached hydrogens (tertiary/aromatic N) is 3. The fourth-order valence-electron chi connectivity index (χ4n) is 5.32. The maximum atomic E-state index is 13.0. The standard InChI is InChI=1S/C30H35N5OS2/c1-3-19(2)32-15-11-27(36)34-30-28(23-12-16-35(18-26(23)38-30)22-5-4-6-22)29-33-24-17-21(7-8-25(24)37-29)20-9-13-31-14-10-20/h7-10,13-14,17,19,22,32H,3-6,11-12,15-16,18H2,1-2H3,(H,34,36). The predicted molar refractivity (Wildman–Crippen MR) is 159 cm³/mol. The Kier molecular flexibility index (Phi) is 7.56. The van der Waals surface area contributed by atoms with Gasteiger partial charge < -0.3 is 10.6 Å². The van der Waals surface area contributed by atoms with Crippen LogP contribution in [0.15, 0.2) is 42.7 Å². The second kappa shape index (κ2) is 11.2. The van der Waals surface area contributed by atoms with Crippen LogP contribution in [0.2, 0.25) is 0 Å². The number of pyridine rings is 1. The van der Waals surface area contributed by atoms with Crippen molar-refractivity contribution in [2.75, 3.05) is 18.4 Å². The minimum absolute atomic E-state index is 0.0672. The molecule has 1 unspecified atom stereocenters. The number of anilines is 1. The predicted octanol–water partition coefficient (Wildman–Crippen LogP) is 6.71. The second-order valence-corrected chi connectivity index (χ2v) is 12.6. The Hall–Kier alpha value is -2.65. The SMILES string of the molecule is CCC(C)NCCC(=O)Nc1sc2c(c1-c1nc3cc(-c4ccncc4)ccc3s1)CCN(C1CCC1)C2. The van der Waals surface area contributed by atoms with E-state index >= 15 is 0 Å². The van der Waals surface area contributed by atoms with Gasteiger partial charge in [0, 0.05) is 61.0 Å². The highest BCUT2D eigenvalue weighted by molar-refractivity contribution is 7.23. The molecule has 4 heterocycles. The zero-order valence-electron chi connectivity index (χ0n) is 22.1. The molecule has 3 aromatic heterocycles. The van der Waals surface area contributed by atoms with Gasteiger partial charge in [0.25, 0.3) is 0 Å². The number of hydrogen-bond acceptors (Lipinski definition) is 7. The van der Waals surface area contributed by atoms with Crippen LogP contribution in [0, 0.1) is 0 Å². The molecule has 1 aromatic carbocycles. The van der Waals surface area contributed by atoms with Gasteiger partial charge in [-0.1, -0.05) is 19.4 Å². The highest BCUT2D eigenvalue weighted by Gasteiger charge is 2.32. The summed E-state index contributed by atoms with van der Waals surface area (Å²) in [4.78, 5) is 26.3. The summed E-state index contributed by atoms with van der Waals surface area (Å²) in [5.41, 5.74) is 5.81. The van der Waals surface area contributed by atoms with E-state index in [1.807, 2.05) is 24.5 Å². The van der Waals surface area contributed by atoms with Gasteiger partial charge in [0.2, 0.25) is 5.91 Å². The highest BCUT2D eigenvalue weighted by Crippen LogP contribution is 2.46. The van der Waals surface area contributed by atoms with Crippen LogP contribution in [0.1, 0.15) is 56.4 Å². The van der Waals surface area contributed by atoms with E-state index in [1.54, 1.807) is 22.7 Å². The molecule has 1 atom stereocenters. The van der Waals surface area contributed by atoms with E-state index in [1.165, 1.54) is 34.4 Å². The molecule has 198 valence electrons. The van der Waals surface area contributed by atoms with E-state index in [9.17, 15) is 4.79 Å². The van der Waals surface area contributed by atoms with Crippen LogP contribution in [-0.2, 0) is 17.8 Å². The van der Waals surface area contributed by atoms with E-state index in [0.717, 1.165) is 64.2 Å². The summed E-state index contributed by atoms with van der Waals surface area (Å²) in [6, 6.07) is 11.7.